The summed E-state index contributed by atoms with van der Waals surface area (Å²) in [5, 5.41) is 3.06. The highest BCUT2D eigenvalue weighted by molar-refractivity contribution is 5.84. The second-order valence-corrected chi connectivity index (χ2v) is 6.21. The third-order valence-corrected chi connectivity index (χ3v) is 3.84. The van der Waals surface area contributed by atoms with Crippen LogP contribution in [0.1, 0.15) is 23.6 Å². The van der Waals surface area contributed by atoms with E-state index in [9.17, 15) is 18.0 Å². The highest BCUT2D eigenvalue weighted by Crippen LogP contribution is 2.29. The summed E-state index contributed by atoms with van der Waals surface area (Å²) in [6.07, 6.45) is -4.05. The van der Waals surface area contributed by atoms with Crippen LogP contribution in [-0.4, -0.2) is 11.4 Å². The molecular formula is C18H20F3N3O. The van der Waals surface area contributed by atoms with E-state index in [0.29, 0.717) is 12.0 Å². The lowest BCUT2D eigenvalue weighted by Gasteiger charge is -2.20. The number of anilines is 1. The number of nitrogens with two attached hydrogens (primary N) is 2. The summed E-state index contributed by atoms with van der Waals surface area (Å²) in [5.41, 5.74) is 11.4. The molecule has 2 aromatic carbocycles. The standard InChI is InChI=1S/C18H20F3N3O/c1-17(23,16(22)25)10-12-5-7-15(8-6-12)24-11-13-3-2-4-14(9-13)18(19,20)21/h2-9,24H,10-11,23H2,1H3,(H2,22,25). The Morgan fingerprint density at radius 1 is 1.08 bits per heavy atom. The molecule has 1 amide bonds. The van der Waals surface area contributed by atoms with Gasteiger partial charge in [0.05, 0.1) is 11.1 Å². The van der Waals surface area contributed by atoms with Crippen LogP contribution in [0.2, 0.25) is 0 Å². The fraction of sp³-hybridized carbons (Fsp3) is 0.278. The summed E-state index contributed by atoms with van der Waals surface area (Å²) < 4.78 is 38.1. The van der Waals surface area contributed by atoms with Gasteiger partial charge in [0, 0.05) is 12.2 Å². The number of benzene rings is 2. The van der Waals surface area contributed by atoms with Gasteiger partial charge in [-0.15, -0.1) is 0 Å². The highest BCUT2D eigenvalue weighted by Gasteiger charge is 2.30. The van der Waals surface area contributed by atoms with Crippen molar-refractivity contribution < 1.29 is 18.0 Å². The monoisotopic (exact) mass is 351 g/mol. The lowest BCUT2D eigenvalue weighted by atomic mass is 9.93. The second kappa shape index (κ2) is 7.14. The van der Waals surface area contributed by atoms with Gasteiger partial charge in [-0.3, -0.25) is 4.79 Å². The van der Waals surface area contributed by atoms with E-state index in [1.54, 1.807) is 37.3 Å². The summed E-state index contributed by atoms with van der Waals surface area (Å²) in [6.45, 7) is 1.83. The Morgan fingerprint density at radius 2 is 1.72 bits per heavy atom. The Labute approximate surface area is 144 Å². The van der Waals surface area contributed by atoms with E-state index in [-0.39, 0.29) is 6.54 Å². The molecule has 4 nitrogen and oxygen atoms in total. The fourth-order valence-corrected chi connectivity index (χ4v) is 2.31. The van der Waals surface area contributed by atoms with Crippen molar-refractivity contribution >= 4 is 11.6 Å². The van der Waals surface area contributed by atoms with Gasteiger partial charge in [-0.05, 0) is 48.7 Å². The average molecular weight is 351 g/mol. The van der Waals surface area contributed by atoms with E-state index in [0.717, 1.165) is 23.4 Å². The van der Waals surface area contributed by atoms with E-state index in [1.165, 1.54) is 6.07 Å². The van der Waals surface area contributed by atoms with Gasteiger partial charge in [0.15, 0.2) is 0 Å². The molecular weight excluding hydrogens is 331 g/mol. The van der Waals surface area contributed by atoms with Crippen LogP contribution in [0.3, 0.4) is 0 Å². The molecule has 25 heavy (non-hydrogen) atoms. The average Bonchev–Trinajstić information content (AvgIpc) is 2.53. The van der Waals surface area contributed by atoms with Crippen molar-refractivity contribution in [2.45, 2.75) is 31.6 Å². The van der Waals surface area contributed by atoms with E-state index in [1.807, 2.05) is 0 Å². The van der Waals surface area contributed by atoms with Gasteiger partial charge in [-0.25, -0.2) is 0 Å². The quantitative estimate of drug-likeness (QED) is 0.748. The molecule has 0 aromatic heterocycles. The first-order valence-electron chi connectivity index (χ1n) is 7.66. The van der Waals surface area contributed by atoms with Crippen LogP contribution < -0.4 is 16.8 Å². The zero-order valence-electron chi connectivity index (χ0n) is 13.7. The van der Waals surface area contributed by atoms with E-state index < -0.39 is 23.2 Å². The van der Waals surface area contributed by atoms with Crippen molar-refractivity contribution in [3.05, 3.63) is 65.2 Å². The maximum atomic E-state index is 12.7. The van der Waals surface area contributed by atoms with Gasteiger partial charge in [0.1, 0.15) is 0 Å². The normalized spacial score (nSPS) is 14.0. The number of carbonyl (C=O) groups is 1. The molecule has 0 aliphatic rings. The van der Waals surface area contributed by atoms with Crippen LogP contribution in [0.4, 0.5) is 18.9 Å². The predicted molar refractivity (Wildman–Crippen MR) is 90.7 cm³/mol. The third kappa shape index (κ3) is 5.22. The Hall–Kier alpha value is -2.54. The first-order valence-corrected chi connectivity index (χ1v) is 7.66. The predicted octanol–water partition coefficient (Wildman–Crippen LogP) is 3.06. The van der Waals surface area contributed by atoms with Crippen molar-refractivity contribution in [3.8, 4) is 0 Å². The number of carbonyl (C=O) groups excluding carboxylic acids is 1. The molecule has 2 aromatic rings. The van der Waals surface area contributed by atoms with E-state index >= 15 is 0 Å². The molecule has 5 N–H and O–H groups in total. The molecule has 0 radical (unpaired) electrons. The Morgan fingerprint density at radius 3 is 2.28 bits per heavy atom. The highest BCUT2D eigenvalue weighted by atomic mass is 19.4. The summed E-state index contributed by atoms with van der Waals surface area (Å²) in [6, 6.07) is 12.3. The van der Waals surface area contributed by atoms with Gasteiger partial charge in [0.25, 0.3) is 0 Å². The zero-order chi connectivity index (χ0) is 18.7. The van der Waals surface area contributed by atoms with E-state index in [2.05, 4.69) is 5.32 Å². The zero-order valence-corrected chi connectivity index (χ0v) is 13.7. The molecule has 0 aliphatic carbocycles. The maximum Gasteiger partial charge on any atom is 0.416 e. The molecule has 0 heterocycles. The molecule has 2 rings (SSSR count). The minimum atomic E-state index is -4.35. The van der Waals surface area contributed by atoms with Crippen LogP contribution in [0.15, 0.2) is 48.5 Å². The first kappa shape index (κ1) is 18.8. The number of hydrogen-bond donors (Lipinski definition) is 3. The Bertz CT molecular complexity index is 740. The number of hydrogen-bond acceptors (Lipinski definition) is 3. The van der Waals surface area contributed by atoms with E-state index in [4.69, 9.17) is 11.5 Å². The van der Waals surface area contributed by atoms with Crippen molar-refractivity contribution in [2.75, 3.05) is 5.32 Å². The number of amides is 1. The summed E-state index contributed by atoms with van der Waals surface area (Å²) in [7, 11) is 0. The van der Waals surface area contributed by atoms with Crippen LogP contribution >= 0.6 is 0 Å². The molecule has 0 saturated heterocycles. The smallest absolute Gasteiger partial charge is 0.381 e. The molecule has 134 valence electrons. The molecule has 1 unspecified atom stereocenters. The fourth-order valence-electron chi connectivity index (χ4n) is 2.31. The molecule has 1 atom stereocenters. The largest absolute Gasteiger partial charge is 0.416 e. The minimum absolute atomic E-state index is 0.263. The lowest BCUT2D eigenvalue weighted by Crippen LogP contribution is -2.51. The van der Waals surface area contributed by atoms with Gasteiger partial charge in [-0.1, -0.05) is 24.3 Å². The molecule has 0 bridgehead atoms. The van der Waals surface area contributed by atoms with Crippen LogP contribution in [0.5, 0.6) is 0 Å². The van der Waals surface area contributed by atoms with Crippen LogP contribution in [-0.2, 0) is 23.9 Å². The first-order chi connectivity index (χ1) is 11.6. The number of alkyl halides is 3. The van der Waals surface area contributed by atoms with Crippen molar-refractivity contribution in [3.63, 3.8) is 0 Å². The van der Waals surface area contributed by atoms with Crippen LogP contribution in [0.25, 0.3) is 0 Å². The summed E-state index contributed by atoms with van der Waals surface area (Å²) >= 11 is 0. The topological polar surface area (TPSA) is 81.1 Å². The summed E-state index contributed by atoms with van der Waals surface area (Å²) in [4.78, 5) is 11.3. The number of halogens is 3. The third-order valence-electron chi connectivity index (χ3n) is 3.84. The van der Waals surface area contributed by atoms with Crippen molar-refractivity contribution in [1.82, 2.24) is 0 Å². The molecule has 0 spiro atoms. The SMILES string of the molecule is CC(N)(Cc1ccc(NCc2cccc(C(F)(F)F)c2)cc1)C(N)=O. The molecule has 0 saturated carbocycles. The number of rotatable bonds is 6. The Kier molecular flexibility index (Phi) is 5.37. The second-order valence-electron chi connectivity index (χ2n) is 6.21. The number of primary amides is 1. The molecule has 0 fully saturated rings. The summed E-state index contributed by atoms with van der Waals surface area (Å²) in [5.74, 6) is -0.584. The Balaban J connectivity index is 1.99. The number of nitrogens with one attached hydrogen (secondary N) is 1. The van der Waals surface area contributed by atoms with Gasteiger partial charge >= 0.3 is 6.18 Å². The van der Waals surface area contributed by atoms with Gasteiger partial charge < -0.3 is 16.8 Å². The maximum absolute atomic E-state index is 12.7. The van der Waals surface area contributed by atoms with Gasteiger partial charge in [-0.2, -0.15) is 13.2 Å². The van der Waals surface area contributed by atoms with Crippen LogP contribution in [0, 0.1) is 0 Å². The lowest BCUT2D eigenvalue weighted by molar-refractivity contribution is -0.137. The molecule has 0 aliphatic heterocycles. The van der Waals surface area contributed by atoms with Gasteiger partial charge in [0.2, 0.25) is 5.91 Å². The minimum Gasteiger partial charge on any atom is -0.381 e. The van der Waals surface area contributed by atoms with Crippen molar-refractivity contribution in [2.24, 2.45) is 11.5 Å². The molecule has 7 heteroatoms. The van der Waals surface area contributed by atoms with Crippen molar-refractivity contribution in [1.29, 1.82) is 0 Å².